The Hall–Kier alpha value is -1.26. The van der Waals surface area contributed by atoms with E-state index in [9.17, 15) is 0 Å². The lowest BCUT2D eigenvalue weighted by Crippen LogP contribution is -2.00. The third kappa shape index (κ3) is 2.84. The van der Waals surface area contributed by atoms with E-state index >= 15 is 0 Å². The van der Waals surface area contributed by atoms with Crippen molar-refractivity contribution in [1.29, 1.82) is 0 Å². The number of ether oxygens (including phenoxy) is 1. The highest BCUT2D eigenvalue weighted by Crippen LogP contribution is 2.38. The first-order valence-electron chi connectivity index (χ1n) is 5.29. The Morgan fingerprint density at radius 1 is 1.13 bits per heavy atom. The van der Waals surface area contributed by atoms with Crippen LogP contribution in [0.25, 0.3) is 0 Å². The molecule has 78 valence electrons. The summed E-state index contributed by atoms with van der Waals surface area (Å²) in [5.41, 5.74) is 1.29. The number of benzene rings is 1. The monoisotopic (exact) mass is 200 g/mol. The molecule has 0 aromatic heterocycles. The van der Waals surface area contributed by atoms with Gasteiger partial charge in [0.15, 0.2) is 0 Å². The van der Waals surface area contributed by atoms with Gasteiger partial charge in [-0.15, -0.1) is 0 Å². The van der Waals surface area contributed by atoms with E-state index in [1.807, 2.05) is 18.2 Å². The van der Waals surface area contributed by atoms with E-state index in [1.54, 1.807) is 0 Å². The average Bonchev–Trinajstić information content (AvgIpc) is 2.94. The van der Waals surface area contributed by atoms with Gasteiger partial charge in [-0.25, -0.2) is 0 Å². The topological polar surface area (TPSA) is 12.5 Å². The largest absolute Gasteiger partial charge is 0.351 e. The molecule has 0 aliphatic carbocycles. The molecule has 0 radical (unpaired) electrons. The van der Waals surface area contributed by atoms with Gasteiger partial charge in [-0.1, -0.05) is 42.2 Å². The smallest absolute Gasteiger partial charge is 0.149 e. The third-order valence-electron chi connectivity index (χ3n) is 2.21. The van der Waals surface area contributed by atoms with Gasteiger partial charge in [-0.3, -0.25) is 0 Å². The maximum atomic E-state index is 5.52. The second kappa shape index (κ2) is 3.72. The van der Waals surface area contributed by atoms with Gasteiger partial charge >= 0.3 is 0 Å². The van der Waals surface area contributed by atoms with E-state index in [2.05, 4.69) is 44.7 Å². The van der Waals surface area contributed by atoms with Crippen LogP contribution in [0.4, 0.5) is 0 Å². The molecule has 1 aliphatic heterocycles. The summed E-state index contributed by atoms with van der Waals surface area (Å²) in [4.78, 5) is 0. The van der Waals surface area contributed by atoms with Gasteiger partial charge in [-0.05, 0) is 26.3 Å². The molecule has 2 rings (SSSR count). The van der Waals surface area contributed by atoms with E-state index in [0.29, 0.717) is 0 Å². The molecule has 1 fully saturated rings. The summed E-state index contributed by atoms with van der Waals surface area (Å²) in [7, 11) is 0. The van der Waals surface area contributed by atoms with Crippen molar-refractivity contribution in [2.45, 2.75) is 33.0 Å². The minimum absolute atomic E-state index is 0.0627. The Morgan fingerprint density at radius 3 is 2.40 bits per heavy atom. The lowest BCUT2D eigenvalue weighted by atomic mass is 9.97. The lowest BCUT2D eigenvalue weighted by Gasteiger charge is -2.06. The summed E-state index contributed by atoms with van der Waals surface area (Å²) in [6, 6.07) is 10.3. The molecule has 15 heavy (non-hydrogen) atoms. The van der Waals surface area contributed by atoms with Gasteiger partial charge in [0.05, 0.1) is 0 Å². The highest BCUT2D eigenvalue weighted by Gasteiger charge is 2.38. The van der Waals surface area contributed by atoms with E-state index in [0.717, 1.165) is 0 Å². The van der Waals surface area contributed by atoms with Crippen molar-refractivity contribution in [3.8, 4) is 11.8 Å². The summed E-state index contributed by atoms with van der Waals surface area (Å²) in [5.74, 6) is 6.38. The third-order valence-corrected chi connectivity index (χ3v) is 2.21. The number of rotatable bonds is 1. The van der Waals surface area contributed by atoms with Crippen molar-refractivity contribution in [3.63, 3.8) is 0 Å². The van der Waals surface area contributed by atoms with Gasteiger partial charge in [0.25, 0.3) is 0 Å². The maximum Gasteiger partial charge on any atom is 0.149 e. The fourth-order valence-electron chi connectivity index (χ4n) is 1.41. The number of epoxide rings is 1. The summed E-state index contributed by atoms with van der Waals surface area (Å²) in [6.07, 6.45) is 0.299. The second-order valence-electron chi connectivity index (χ2n) is 4.91. The van der Waals surface area contributed by atoms with Crippen molar-refractivity contribution >= 4 is 0 Å². The fraction of sp³-hybridized carbons (Fsp3) is 0.429. The number of hydrogen-bond donors (Lipinski definition) is 0. The molecule has 0 amide bonds. The molecule has 0 N–H and O–H groups in total. The Labute approximate surface area is 91.5 Å². The lowest BCUT2D eigenvalue weighted by molar-refractivity contribution is 0.396. The molecule has 2 atom stereocenters. The second-order valence-corrected chi connectivity index (χ2v) is 4.91. The highest BCUT2D eigenvalue weighted by atomic mass is 16.6. The molecule has 1 heteroatoms. The zero-order chi connectivity index (χ0) is 10.9. The average molecular weight is 200 g/mol. The maximum absolute atomic E-state index is 5.52. The van der Waals surface area contributed by atoms with Gasteiger partial charge < -0.3 is 4.74 Å². The van der Waals surface area contributed by atoms with Crippen LogP contribution >= 0.6 is 0 Å². The van der Waals surface area contributed by atoms with E-state index in [1.165, 1.54) is 5.56 Å². The van der Waals surface area contributed by atoms with Crippen molar-refractivity contribution in [2.24, 2.45) is 5.41 Å². The zero-order valence-electron chi connectivity index (χ0n) is 9.45. The Bertz CT molecular complexity index is 389. The summed E-state index contributed by atoms with van der Waals surface area (Å²) in [6.45, 7) is 6.33. The Kier molecular flexibility index (Phi) is 2.54. The van der Waals surface area contributed by atoms with Crippen molar-refractivity contribution in [3.05, 3.63) is 35.9 Å². The van der Waals surface area contributed by atoms with Crippen LogP contribution in [0.1, 0.15) is 32.4 Å². The van der Waals surface area contributed by atoms with Gasteiger partial charge in [0, 0.05) is 5.41 Å². The van der Waals surface area contributed by atoms with Crippen LogP contribution < -0.4 is 0 Å². The van der Waals surface area contributed by atoms with Crippen LogP contribution in [0.3, 0.4) is 0 Å². The van der Waals surface area contributed by atoms with E-state index in [-0.39, 0.29) is 17.6 Å². The zero-order valence-corrected chi connectivity index (χ0v) is 9.45. The highest BCUT2D eigenvalue weighted by molar-refractivity contribution is 5.28. The quantitative estimate of drug-likeness (QED) is 0.501. The first-order chi connectivity index (χ1) is 7.06. The van der Waals surface area contributed by atoms with Crippen molar-refractivity contribution in [1.82, 2.24) is 0 Å². The van der Waals surface area contributed by atoms with Crippen LogP contribution in [0.15, 0.2) is 30.3 Å². The van der Waals surface area contributed by atoms with Gasteiger partial charge in [-0.2, -0.15) is 0 Å². The predicted octanol–water partition coefficient (Wildman–Crippen LogP) is 3.18. The fourth-order valence-corrected chi connectivity index (χ4v) is 1.41. The molecule has 0 saturated carbocycles. The van der Waals surface area contributed by atoms with Crippen LogP contribution in [-0.4, -0.2) is 6.10 Å². The molecule has 1 nitrogen and oxygen atoms in total. The van der Waals surface area contributed by atoms with E-state index in [4.69, 9.17) is 4.74 Å². The molecular formula is C14H16O. The van der Waals surface area contributed by atoms with Gasteiger partial charge in [0.1, 0.15) is 12.2 Å². The van der Waals surface area contributed by atoms with Crippen molar-refractivity contribution in [2.75, 3.05) is 0 Å². The first-order valence-corrected chi connectivity index (χ1v) is 5.29. The van der Waals surface area contributed by atoms with Gasteiger partial charge in [0.2, 0.25) is 0 Å². The van der Waals surface area contributed by atoms with Crippen LogP contribution in [-0.2, 0) is 4.74 Å². The first kappa shape index (κ1) is 10.3. The molecule has 0 bridgehead atoms. The minimum Gasteiger partial charge on any atom is -0.351 e. The Morgan fingerprint density at radius 2 is 1.80 bits per heavy atom. The molecule has 0 spiro atoms. The normalized spacial score (nSPS) is 24.2. The molecule has 1 aromatic carbocycles. The molecule has 1 heterocycles. The Balaban J connectivity index is 2.00. The SMILES string of the molecule is CC(C)(C)C#C[C@@H]1O[C@@H]1c1ccccc1. The van der Waals surface area contributed by atoms with Crippen LogP contribution in [0, 0.1) is 17.3 Å². The summed E-state index contributed by atoms with van der Waals surface area (Å²) < 4.78 is 5.52. The van der Waals surface area contributed by atoms with Crippen LogP contribution in [0.2, 0.25) is 0 Å². The van der Waals surface area contributed by atoms with Crippen molar-refractivity contribution < 1.29 is 4.74 Å². The summed E-state index contributed by atoms with van der Waals surface area (Å²) >= 11 is 0. The molecular weight excluding hydrogens is 184 g/mol. The molecule has 1 saturated heterocycles. The van der Waals surface area contributed by atoms with E-state index < -0.39 is 0 Å². The minimum atomic E-state index is 0.0627. The molecule has 1 aromatic rings. The predicted molar refractivity (Wildman–Crippen MR) is 61.3 cm³/mol. The standard InChI is InChI=1S/C14H16O/c1-14(2,3)10-9-12-13(15-12)11-7-5-4-6-8-11/h4-8,12-13H,1-3H3/t12-,13+/m0/s1. The summed E-state index contributed by atoms with van der Waals surface area (Å²) in [5, 5.41) is 0. The molecule has 1 aliphatic rings. The number of hydrogen-bond acceptors (Lipinski definition) is 1. The van der Waals surface area contributed by atoms with Crippen LogP contribution in [0.5, 0.6) is 0 Å². The molecule has 0 unspecified atom stereocenters.